The number of fused-ring (bicyclic) bond motifs is 1. The van der Waals surface area contributed by atoms with Crippen LogP contribution in [-0.4, -0.2) is 16.3 Å². The van der Waals surface area contributed by atoms with Gasteiger partial charge in [0, 0.05) is 22.5 Å². The quantitative estimate of drug-likeness (QED) is 0.848. The minimum Gasteiger partial charge on any atom is -0.305 e. The average molecular weight is 303 g/mol. The van der Waals surface area contributed by atoms with Crippen molar-refractivity contribution in [1.82, 2.24) is 15.1 Å². The number of nitrogens with zero attached hydrogens (tertiary/aromatic N) is 2. The van der Waals surface area contributed by atoms with Crippen LogP contribution in [0.15, 0.2) is 18.3 Å². The molecule has 0 saturated carbocycles. The zero-order valence-corrected chi connectivity index (χ0v) is 13.9. The molecule has 3 nitrogen and oxygen atoms in total. The lowest BCUT2D eigenvalue weighted by Crippen LogP contribution is -2.24. The van der Waals surface area contributed by atoms with Crippen molar-refractivity contribution in [3.05, 3.63) is 39.3 Å². The molecule has 0 amide bonds. The summed E-state index contributed by atoms with van der Waals surface area (Å²) in [6.45, 7) is 6.23. The van der Waals surface area contributed by atoms with Gasteiger partial charge in [0.05, 0.1) is 11.7 Å². The molecule has 1 N–H and O–H groups in total. The molecule has 0 spiro atoms. The fourth-order valence-electron chi connectivity index (χ4n) is 3.24. The topological polar surface area (TPSA) is 29.9 Å². The highest BCUT2D eigenvalue weighted by Gasteiger charge is 2.21. The molecule has 0 bridgehead atoms. The molecule has 1 unspecified atom stereocenters. The van der Waals surface area contributed by atoms with E-state index in [0.717, 1.165) is 13.1 Å². The van der Waals surface area contributed by atoms with Crippen LogP contribution in [0.1, 0.15) is 60.2 Å². The van der Waals surface area contributed by atoms with Crippen LogP contribution in [0.2, 0.25) is 0 Å². The van der Waals surface area contributed by atoms with Gasteiger partial charge in [-0.1, -0.05) is 13.3 Å². The fraction of sp³-hybridized carbons (Fsp3) is 0.588. The predicted octanol–water partition coefficient (Wildman–Crippen LogP) is 3.93. The van der Waals surface area contributed by atoms with Gasteiger partial charge in [-0.25, -0.2) is 0 Å². The second-order valence-electron chi connectivity index (χ2n) is 5.72. The number of rotatable bonds is 5. The second kappa shape index (κ2) is 6.75. The van der Waals surface area contributed by atoms with Crippen LogP contribution < -0.4 is 5.32 Å². The van der Waals surface area contributed by atoms with Crippen LogP contribution >= 0.6 is 11.3 Å². The standard InChI is InChI=1S/C17H25N3S/c1-3-18-17(14-10-11-19-20(14)4-2)16-12-13-8-6-5-7-9-15(13)21-16/h10-12,17-18H,3-9H2,1-2H3. The van der Waals surface area contributed by atoms with Crippen molar-refractivity contribution in [2.75, 3.05) is 6.54 Å². The number of nitrogens with one attached hydrogen (secondary N) is 1. The Kier molecular flexibility index (Phi) is 4.76. The molecular formula is C17H25N3S. The number of aryl methyl sites for hydroxylation is 3. The van der Waals surface area contributed by atoms with Crippen LogP contribution in [0.5, 0.6) is 0 Å². The van der Waals surface area contributed by atoms with Crippen LogP contribution in [0.4, 0.5) is 0 Å². The summed E-state index contributed by atoms with van der Waals surface area (Å²) in [5, 5.41) is 8.09. The molecular weight excluding hydrogens is 278 g/mol. The summed E-state index contributed by atoms with van der Waals surface area (Å²) in [7, 11) is 0. The molecule has 0 saturated heterocycles. The monoisotopic (exact) mass is 303 g/mol. The molecule has 2 aromatic rings. The van der Waals surface area contributed by atoms with E-state index in [1.54, 1.807) is 10.4 Å². The molecule has 1 aliphatic carbocycles. The van der Waals surface area contributed by atoms with Crippen molar-refractivity contribution < 1.29 is 0 Å². The van der Waals surface area contributed by atoms with Crippen LogP contribution in [0.25, 0.3) is 0 Å². The summed E-state index contributed by atoms with van der Waals surface area (Å²) >= 11 is 2.01. The third-order valence-electron chi connectivity index (χ3n) is 4.30. The summed E-state index contributed by atoms with van der Waals surface area (Å²) in [4.78, 5) is 3.08. The molecule has 2 aromatic heterocycles. The van der Waals surface area contributed by atoms with Crippen molar-refractivity contribution in [3.63, 3.8) is 0 Å². The van der Waals surface area contributed by atoms with Gasteiger partial charge < -0.3 is 5.32 Å². The maximum Gasteiger partial charge on any atom is 0.0841 e. The van der Waals surface area contributed by atoms with Gasteiger partial charge in [0.25, 0.3) is 0 Å². The van der Waals surface area contributed by atoms with Crippen molar-refractivity contribution >= 4 is 11.3 Å². The minimum atomic E-state index is 0.286. The summed E-state index contributed by atoms with van der Waals surface area (Å²) in [5.41, 5.74) is 2.88. The van der Waals surface area contributed by atoms with Crippen LogP contribution in [-0.2, 0) is 19.4 Å². The molecule has 0 radical (unpaired) electrons. The van der Waals surface area contributed by atoms with E-state index in [9.17, 15) is 0 Å². The average Bonchev–Trinajstić information content (AvgIpc) is 3.07. The molecule has 114 valence electrons. The van der Waals surface area contributed by atoms with Crippen molar-refractivity contribution in [3.8, 4) is 0 Å². The first-order valence-corrected chi connectivity index (χ1v) is 9.01. The largest absolute Gasteiger partial charge is 0.305 e. The maximum atomic E-state index is 4.44. The normalized spacial score (nSPS) is 16.5. The van der Waals surface area contributed by atoms with Gasteiger partial charge in [0.2, 0.25) is 0 Å². The molecule has 4 heteroatoms. The first-order valence-electron chi connectivity index (χ1n) is 8.20. The van der Waals surface area contributed by atoms with E-state index in [1.807, 2.05) is 17.5 Å². The van der Waals surface area contributed by atoms with Crippen molar-refractivity contribution in [2.45, 2.75) is 58.5 Å². The Labute approximate surface area is 131 Å². The third kappa shape index (κ3) is 3.06. The molecule has 0 aliphatic heterocycles. The van der Waals surface area contributed by atoms with E-state index < -0.39 is 0 Å². The zero-order valence-electron chi connectivity index (χ0n) is 13.1. The Balaban J connectivity index is 1.94. The van der Waals surface area contributed by atoms with Gasteiger partial charge in [-0.05, 0) is 56.8 Å². The fourth-order valence-corrected chi connectivity index (χ4v) is 4.59. The van der Waals surface area contributed by atoms with E-state index >= 15 is 0 Å². The lowest BCUT2D eigenvalue weighted by atomic mass is 10.1. The summed E-state index contributed by atoms with van der Waals surface area (Å²) in [5.74, 6) is 0. The second-order valence-corrected chi connectivity index (χ2v) is 6.89. The van der Waals surface area contributed by atoms with Gasteiger partial charge >= 0.3 is 0 Å². The number of hydrogen-bond acceptors (Lipinski definition) is 3. The van der Waals surface area contributed by atoms with Gasteiger partial charge in [-0.2, -0.15) is 5.10 Å². The van der Waals surface area contributed by atoms with Gasteiger partial charge in [-0.3, -0.25) is 4.68 Å². The van der Waals surface area contributed by atoms with Crippen LogP contribution in [0, 0.1) is 0 Å². The summed E-state index contributed by atoms with van der Waals surface area (Å²) < 4.78 is 2.11. The number of hydrogen-bond donors (Lipinski definition) is 1. The lowest BCUT2D eigenvalue weighted by molar-refractivity contribution is 0.547. The maximum absolute atomic E-state index is 4.44. The van der Waals surface area contributed by atoms with E-state index in [0.29, 0.717) is 0 Å². The summed E-state index contributed by atoms with van der Waals surface area (Å²) in [6.07, 6.45) is 8.54. The van der Waals surface area contributed by atoms with E-state index in [-0.39, 0.29) is 6.04 Å². The van der Waals surface area contributed by atoms with Crippen molar-refractivity contribution in [2.24, 2.45) is 0 Å². The smallest absolute Gasteiger partial charge is 0.0841 e. The lowest BCUT2D eigenvalue weighted by Gasteiger charge is -2.17. The first kappa shape index (κ1) is 14.8. The highest BCUT2D eigenvalue weighted by Crippen LogP contribution is 2.34. The third-order valence-corrected chi connectivity index (χ3v) is 5.61. The van der Waals surface area contributed by atoms with E-state index in [1.165, 1.54) is 42.7 Å². The molecule has 0 aromatic carbocycles. The molecule has 2 heterocycles. The predicted molar refractivity (Wildman–Crippen MR) is 89.0 cm³/mol. The van der Waals surface area contributed by atoms with E-state index in [4.69, 9.17) is 0 Å². The van der Waals surface area contributed by atoms with Crippen molar-refractivity contribution in [1.29, 1.82) is 0 Å². The molecule has 0 fully saturated rings. The zero-order chi connectivity index (χ0) is 14.7. The molecule has 3 rings (SSSR count). The molecule has 1 aliphatic rings. The minimum absolute atomic E-state index is 0.286. The first-order chi connectivity index (χ1) is 10.3. The number of thiophene rings is 1. The summed E-state index contributed by atoms with van der Waals surface area (Å²) in [6, 6.07) is 4.89. The number of aromatic nitrogens is 2. The van der Waals surface area contributed by atoms with E-state index in [2.05, 4.69) is 41.1 Å². The Morgan fingerprint density at radius 2 is 2.14 bits per heavy atom. The van der Waals surface area contributed by atoms with Gasteiger partial charge in [0.15, 0.2) is 0 Å². The Bertz CT molecular complexity index is 561. The Morgan fingerprint density at radius 3 is 2.95 bits per heavy atom. The van der Waals surface area contributed by atoms with Crippen LogP contribution in [0.3, 0.4) is 0 Å². The molecule has 21 heavy (non-hydrogen) atoms. The Morgan fingerprint density at radius 1 is 1.29 bits per heavy atom. The van der Waals surface area contributed by atoms with Gasteiger partial charge in [0.1, 0.15) is 0 Å². The highest BCUT2D eigenvalue weighted by atomic mass is 32.1. The van der Waals surface area contributed by atoms with Gasteiger partial charge in [-0.15, -0.1) is 11.3 Å². The highest BCUT2D eigenvalue weighted by molar-refractivity contribution is 7.12. The Hall–Kier alpha value is -1.13. The molecule has 1 atom stereocenters. The SMILES string of the molecule is CCNC(c1cc2c(s1)CCCCC2)c1ccnn1CC.